The normalized spacial score (nSPS) is 13.1. The van der Waals surface area contributed by atoms with E-state index in [1.165, 1.54) is 11.3 Å². The molecule has 0 saturated heterocycles. The van der Waals surface area contributed by atoms with E-state index >= 15 is 0 Å². The minimum atomic E-state index is -4.79. The standard InChI is InChI=1S/C24H18ClF3N4O3S/c1-2-35-23(34)17-13-9-6-10-15(13)36-22(17)30-21(33)19-18(25)20-29-14(12-7-4-3-5-8-12)11-16(24(26,27)28)32(20)31-19/h3-5,7-8,11H,2,6,9-10H2,1H3,(H,30,33). The summed E-state index contributed by atoms with van der Waals surface area (Å²) in [6, 6.07) is 9.16. The number of nitrogens with one attached hydrogen (secondary N) is 1. The maximum Gasteiger partial charge on any atom is 0.433 e. The Balaban J connectivity index is 1.58. The summed E-state index contributed by atoms with van der Waals surface area (Å²) in [6.07, 6.45) is -2.47. The number of ether oxygens (including phenoxy) is 1. The van der Waals surface area contributed by atoms with Gasteiger partial charge in [-0.1, -0.05) is 41.9 Å². The number of rotatable bonds is 5. The number of halogens is 4. The molecule has 1 N–H and O–H groups in total. The van der Waals surface area contributed by atoms with Gasteiger partial charge in [-0.15, -0.1) is 11.3 Å². The number of carbonyl (C=O) groups is 2. The monoisotopic (exact) mass is 534 g/mol. The van der Waals surface area contributed by atoms with Crippen molar-refractivity contribution < 1.29 is 27.5 Å². The van der Waals surface area contributed by atoms with Crippen molar-refractivity contribution in [2.24, 2.45) is 0 Å². The van der Waals surface area contributed by atoms with Crippen molar-refractivity contribution in [3.63, 3.8) is 0 Å². The highest BCUT2D eigenvalue weighted by atomic mass is 35.5. The van der Waals surface area contributed by atoms with Crippen LogP contribution in [0.15, 0.2) is 36.4 Å². The zero-order valence-electron chi connectivity index (χ0n) is 18.8. The summed E-state index contributed by atoms with van der Waals surface area (Å²) >= 11 is 7.60. The molecule has 4 aromatic rings. The Kier molecular flexibility index (Phi) is 6.21. The number of amides is 1. The molecule has 0 radical (unpaired) electrons. The topological polar surface area (TPSA) is 85.6 Å². The number of thiophene rings is 1. The maximum absolute atomic E-state index is 13.9. The zero-order chi connectivity index (χ0) is 25.6. The Bertz CT molecular complexity index is 1500. The van der Waals surface area contributed by atoms with Crippen LogP contribution in [0.3, 0.4) is 0 Å². The fraction of sp³-hybridized carbons (Fsp3) is 0.250. The molecule has 3 aromatic heterocycles. The fourth-order valence-electron chi connectivity index (χ4n) is 4.17. The van der Waals surface area contributed by atoms with Gasteiger partial charge in [0.2, 0.25) is 0 Å². The maximum atomic E-state index is 13.9. The molecule has 36 heavy (non-hydrogen) atoms. The molecule has 0 aliphatic heterocycles. The summed E-state index contributed by atoms with van der Waals surface area (Å²) in [6.45, 7) is 1.83. The molecule has 186 valence electrons. The number of nitrogens with zero attached hydrogens (tertiary/aromatic N) is 3. The summed E-state index contributed by atoms with van der Waals surface area (Å²) in [5.74, 6) is -1.42. The first-order valence-corrected chi connectivity index (χ1v) is 12.2. The lowest BCUT2D eigenvalue weighted by Gasteiger charge is -2.11. The van der Waals surface area contributed by atoms with Crippen LogP contribution in [0.5, 0.6) is 0 Å². The average molecular weight is 535 g/mol. The molecule has 0 spiro atoms. The number of benzene rings is 1. The van der Waals surface area contributed by atoms with E-state index in [1.807, 2.05) is 0 Å². The highest BCUT2D eigenvalue weighted by Gasteiger charge is 2.37. The third kappa shape index (κ3) is 4.22. The van der Waals surface area contributed by atoms with Crippen LogP contribution in [0, 0.1) is 0 Å². The Morgan fingerprint density at radius 2 is 1.97 bits per heavy atom. The Hall–Kier alpha value is -3.44. The molecule has 1 aromatic carbocycles. The molecule has 0 saturated carbocycles. The zero-order valence-corrected chi connectivity index (χ0v) is 20.4. The third-order valence-electron chi connectivity index (χ3n) is 5.74. The summed E-state index contributed by atoms with van der Waals surface area (Å²) in [5, 5.41) is 6.39. The molecule has 1 aliphatic rings. The second-order valence-electron chi connectivity index (χ2n) is 8.02. The van der Waals surface area contributed by atoms with E-state index in [1.54, 1.807) is 37.3 Å². The third-order valence-corrected chi connectivity index (χ3v) is 7.29. The van der Waals surface area contributed by atoms with Gasteiger partial charge in [0.1, 0.15) is 10.0 Å². The van der Waals surface area contributed by atoms with E-state index in [0.717, 1.165) is 29.3 Å². The van der Waals surface area contributed by atoms with Gasteiger partial charge in [-0.3, -0.25) is 4.79 Å². The van der Waals surface area contributed by atoms with Gasteiger partial charge in [0.05, 0.1) is 17.9 Å². The molecule has 12 heteroatoms. The highest BCUT2D eigenvalue weighted by molar-refractivity contribution is 7.17. The van der Waals surface area contributed by atoms with Crippen molar-refractivity contribution >= 4 is 45.5 Å². The first-order valence-electron chi connectivity index (χ1n) is 11.0. The first kappa shape index (κ1) is 24.3. The molecule has 1 amide bonds. The molecule has 0 unspecified atom stereocenters. The second-order valence-corrected chi connectivity index (χ2v) is 9.51. The number of aryl methyl sites for hydroxylation is 1. The number of fused-ring (bicyclic) bond motifs is 2. The predicted molar refractivity (Wildman–Crippen MR) is 129 cm³/mol. The van der Waals surface area contributed by atoms with Crippen LogP contribution in [-0.2, 0) is 23.8 Å². The number of anilines is 1. The van der Waals surface area contributed by atoms with Crippen LogP contribution in [0.1, 0.15) is 50.3 Å². The summed E-state index contributed by atoms with van der Waals surface area (Å²) in [4.78, 5) is 31.0. The number of aromatic nitrogens is 3. The van der Waals surface area contributed by atoms with Crippen LogP contribution < -0.4 is 5.32 Å². The SMILES string of the molecule is CCOC(=O)c1c(NC(=O)c2nn3c(C(F)(F)F)cc(-c4ccccc4)nc3c2Cl)sc2c1CCC2. The van der Waals surface area contributed by atoms with Gasteiger partial charge in [0.15, 0.2) is 17.0 Å². The van der Waals surface area contributed by atoms with Gasteiger partial charge in [-0.2, -0.15) is 18.3 Å². The minimum Gasteiger partial charge on any atom is -0.462 e. The Labute approximate surface area is 211 Å². The van der Waals surface area contributed by atoms with E-state index in [4.69, 9.17) is 16.3 Å². The average Bonchev–Trinajstić information content (AvgIpc) is 3.51. The number of alkyl halides is 3. The number of esters is 1. The number of hydrogen-bond donors (Lipinski definition) is 1. The molecule has 0 atom stereocenters. The van der Waals surface area contributed by atoms with Gasteiger partial charge >= 0.3 is 12.1 Å². The van der Waals surface area contributed by atoms with E-state index in [-0.39, 0.29) is 33.5 Å². The first-order chi connectivity index (χ1) is 17.2. The molecule has 0 fully saturated rings. The van der Waals surface area contributed by atoms with E-state index in [9.17, 15) is 22.8 Å². The lowest BCUT2D eigenvalue weighted by Crippen LogP contribution is -2.17. The number of hydrogen-bond acceptors (Lipinski definition) is 6. The van der Waals surface area contributed by atoms with Crippen molar-refractivity contribution in [1.82, 2.24) is 14.6 Å². The molecule has 5 rings (SSSR count). The Morgan fingerprint density at radius 3 is 2.67 bits per heavy atom. The number of carbonyl (C=O) groups excluding carboxylic acids is 2. The quantitative estimate of drug-likeness (QED) is 0.315. The smallest absolute Gasteiger partial charge is 0.433 e. The van der Waals surface area contributed by atoms with Crippen LogP contribution >= 0.6 is 22.9 Å². The van der Waals surface area contributed by atoms with E-state index < -0.39 is 29.4 Å². The van der Waals surface area contributed by atoms with Crippen LogP contribution in [0.2, 0.25) is 5.02 Å². The van der Waals surface area contributed by atoms with Crippen LogP contribution in [0.25, 0.3) is 16.9 Å². The van der Waals surface area contributed by atoms with Gasteiger partial charge in [0, 0.05) is 10.4 Å². The lowest BCUT2D eigenvalue weighted by atomic mass is 10.1. The van der Waals surface area contributed by atoms with Crippen molar-refractivity contribution in [1.29, 1.82) is 0 Å². The molecular formula is C24H18ClF3N4O3S. The lowest BCUT2D eigenvalue weighted by molar-refractivity contribution is -0.142. The second kappa shape index (κ2) is 9.21. The molecule has 3 heterocycles. The van der Waals surface area contributed by atoms with Crippen molar-refractivity contribution in [3.8, 4) is 11.3 Å². The minimum absolute atomic E-state index is 0.0310. The van der Waals surface area contributed by atoms with Gasteiger partial charge in [-0.05, 0) is 37.8 Å². The van der Waals surface area contributed by atoms with Crippen LogP contribution in [-0.4, -0.2) is 33.1 Å². The fourth-order valence-corrected chi connectivity index (χ4v) is 5.69. The van der Waals surface area contributed by atoms with Crippen molar-refractivity contribution in [2.75, 3.05) is 11.9 Å². The van der Waals surface area contributed by atoms with Crippen LogP contribution in [0.4, 0.5) is 18.2 Å². The Morgan fingerprint density at radius 1 is 1.22 bits per heavy atom. The summed E-state index contributed by atoms with van der Waals surface area (Å²) in [7, 11) is 0. The molecule has 7 nitrogen and oxygen atoms in total. The summed E-state index contributed by atoms with van der Waals surface area (Å²) < 4.78 is 47.5. The van der Waals surface area contributed by atoms with Gasteiger partial charge < -0.3 is 10.1 Å². The predicted octanol–water partition coefficient (Wildman–Crippen LogP) is 6.05. The molecular weight excluding hydrogens is 517 g/mol. The van der Waals surface area contributed by atoms with Crippen molar-refractivity contribution in [3.05, 3.63) is 68.8 Å². The largest absolute Gasteiger partial charge is 0.462 e. The summed E-state index contributed by atoms with van der Waals surface area (Å²) in [5.41, 5.74) is -0.316. The molecule has 1 aliphatic carbocycles. The van der Waals surface area contributed by atoms with E-state index in [0.29, 0.717) is 16.5 Å². The van der Waals surface area contributed by atoms with Gasteiger partial charge in [-0.25, -0.2) is 14.3 Å². The van der Waals surface area contributed by atoms with Crippen molar-refractivity contribution in [2.45, 2.75) is 32.4 Å². The van der Waals surface area contributed by atoms with E-state index in [2.05, 4.69) is 15.4 Å². The van der Waals surface area contributed by atoms with Gasteiger partial charge in [0.25, 0.3) is 5.91 Å². The molecule has 0 bridgehead atoms. The highest BCUT2D eigenvalue weighted by Crippen LogP contribution is 2.40.